The molecule has 0 atom stereocenters. The molecule has 5 heteroatoms. The van der Waals surface area contributed by atoms with Gasteiger partial charge in [0.1, 0.15) is 12.4 Å². The van der Waals surface area contributed by atoms with E-state index in [0.29, 0.717) is 6.61 Å². The zero-order valence-corrected chi connectivity index (χ0v) is 13.3. The van der Waals surface area contributed by atoms with Gasteiger partial charge in [-0.25, -0.2) is 0 Å². The summed E-state index contributed by atoms with van der Waals surface area (Å²) < 4.78 is 5.70. The monoisotopic (exact) mass is 303 g/mol. The van der Waals surface area contributed by atoms with E-state index in [2.05, 4.69) is 32.0 Å². The molecule has 1 aromatic heterocycles. The van der Waals surface area contributed by atoms with Crippen LogP contribution in [0, 0.1) is 0 Å². The van der Waals surface area contributed by atoms with Gasteiger partial charge in [0.25, 0.3) is 0 Å². The van der Waals surface area contributed by atoms with E-state index in [9.17, 15) is 0 Å². The number of ether oxygens (including phenoxy) is 1. The highest BCUT2D eigenvalue weighted by atomic mass is 32.1. The maximum Gasteiger partial charge on any atom is 0.193 e. The van der Waals surface area contributed by atoms with Crippen molar-refractivity contribution in [3.05, 3.63) is 52.7 Å². The number of nitrogens with one attached hydrogen (secondary N) is 1. The first-order valence-electron chi connectivity index (χ1n) is 6.90. The van der Waals surface area contributed by atoms with Crippen molar-refractivity contribution in [2.24, 2.45) is 4.99 Å². The van der Waals surface area contributed by atoms with E-state index in [-0.39, 0.29) is 0 Å². The molecule has 4 nitrogen and oxygen atoms in total. The lowest BCUT2D eigenvalue weighted by Crippen LogP contribution is -2.40. The second-order valence-corrected chi connectivity index (χ2v) is 5.40. The molecule has 112 valence electrons. The summed E-state index contributed by atoms with van der Waals surface area (Å²) in [7, 11) is 3.81. The van der Waals surface area contributed by atoms with Crippen molar-refractivity contribution in [3.8, 4) is 5.75 Å². The van der Waals surface area contributed by atoms with Gasteiger partial charge in [0.05, 0.1) is 6.54 Å². The van der Waals surface area contributed by atoms with Crippen molar-refractivity contribution < 1.29 is 4.74 Å². The summed E-state index contributed by atoms with van der Waals surface area (Å²) in [5.74, 6) is 1.77. The Labute approximate surface area is 130 Å². The number of aliphatic imine (C=N–C) groups is 1. The first kappa shape index (κ1) is 15.4. The molecule has 0 saturated carbocycles. The molecule has 0 spiro atoms. The third kappa shape index (κ3) is 5.11. The minimum absolute atomic E-state index is 0.625. The lowest BCUT2D eigenvalue weighted by molar-refractivity contribution is 0.281. The van der Waals surface area contributed by atoms with Crippen LogP contribution in [0.15, 0.2) is 52.2 Å². The fraction of sp³-hybridized carbons (Fsp3) is 0.312. The second kappa shape index (κ2) is 8.32. The first-order valence-corrected chi connectivity index (χ1v) is 7.84. The van der Waals surface area contributed by atoms with Crippen LogP contribution in [-0.2, 0) is 6.54 Å². The summed E-state index contributed by atoms with van der Waals surface area (Å²) in [6.07, 6.45) is 0. The lowest BCUT2D eigenvalue weighted by Gasteiger charge is -2.22. The molecule has 2 aromatic rings. The van der Waals surface area contributed by atoms with E-state index in [1.807, 2.05) is 37.4 Å². The van der Waals surface area contributed by atoms with Crippen molar-refractivity contribution in [2.75, 3.05) is 27.2 Å². The Balaban J connectivity index is 1.74. The molecular formula is C16H21N3OS. The van der Waals surface area contributed by atoms with Crippen LogP contribution in [0.5, 0.6) is 5.75 Å². The summed E-state index contributed by atoms with van der Waals surface area (Å²) >= 11 is 1.71. The van der Waals surface area contributed by atoms with Crippen molar-refractivity contribution in [2.45, 2.75) is 6.54 Å². The highest BCUT2D eigenvalue weighted by Crippen LogP contribution is 2.08. The van der Waals surface area contributed by atoms with E-state index < -0.39 is 0 Å². The summed E-state index contributed by atoms with van der Waals surface area (Å²) in [4.78, 5) is 6.36. The molecule has 0 amide bonds. The summed E-state index contributed by atoms with van der Waals surface area (Å²) in [5, 5.41) is 7.57. The molecule has 0 radical (unpaired) electrons. The van der Waals surface area contributed by atoms with Crippen LogP contribution in [0.25, 0.3) is 0 Å². The first-order chi connectivity index (χ1) is 10.3. The normalized spacial score (nSPS) is 11.2. The Kier molecular flexibility index (Phi) is 6.09. The molecule has 1 N–H and O–H groups in total. The van der Waals surface area contributed by atoms with E-state index in [0.717, 1.165) is 24.8 Å². The Bertz CT molecular complexity index is 540. The molecule has 0 saturated heterocycles. The van der Waals surface area contributed by atoms with Gasteiger partial charge in [-0.3, -0.25) is 4.99 Å². The minimum atomic E-state index is 0.625. The number of likely N-dealkylation sites (N-methyl/N-ethyl adjacent to an activating group) is 1. The molecule has 0 bridgehead atoms. The van der Waals surface area contributed by atoms with Gasteiger partial charge in [-0.15, -0.1) is 0 Å². The molecular weight excluding hydrogens is 282 g/mol. The molecule has 0 aliphatic heterocycles. The maximum atomic E-state index is 5.70. The number of hydrogen-bond donors (Lipinski definition) is 1. The molecule has 0 aliphatic rings. The van der Waals surface area contributed by atoms with Gasteiger partial charge in [-0.2, -0.15) is 11.3 Å². The maximum absolute atomic E-state index is 5.70. The summed E-state index contributed by atoms with van der Waals surface area (Å²) in [6, 6.07) is 12.0. The highest BCUT2D eigenvalue weighted by molar-refractivity contribution is 7.07. The van der Waals surface area contributed by atoms with Crippen LogP contribution < -0.4 is 10.1 Å². The van der Waals surface area contributed by atoms with Crippen molar-refractivity contribution in [1.82, 2.24) is 10.2 Å². The Morgan fingerprint density at radius 3 is 2.76 bits per heavy atom. The van der Waals surface area contributed by atoms with Gasteiger partial charge in [0.15, 0.2) is 5.96 Å². The fourth-order valence-electron chi connectivity index (χ4n) is 1.88. The third-order valence-electron chi connectivity index (χ3n) is 3.04. The van der Waals surface area contributed by atoms with E-state index in [1.165, 1.54) is 5.56 Å². The zero-order valence-electron chi connectivity index (χ0n) is 12.5. The van der Waals surface area contributed by atoms with Crippen molar-refractivity contribution in [3.63, 3.8) is 0 Å². The van der Waals surface area contributed by atoms with Crippen LogP contribution in [0.3, 0.4) is 0 Å². The van der Waals surface area contributed by atoms with Gasteiger partial charge >= 0.3 is 0 Å². The Hall–Kier alpha value is -2.01. The van der Waals surface area contributed by atoms with Gasteiger partial charge in [0, 0.05) is 20.6 Å². The molecule has 1 heterocycles. The zero-order chi connectivity index (χ0) is 14.9. The minimum Gasteiger partial charge on any atom is -0.492 e. The number of benzene rings is 1. The summed E-state index contributed by atoms with van der Waals surface area (Å²) in [5.41, 5.74) is 1.27. The van der Waals surface area contributed by atoms with Gasteiger partial charge < -0.3 is 15.0 Å². The molecule has 0 fully saturated rings. The van der Waals surface area contributed by atoms with Gasteiger partial charge in [-0.1, -0.05) is 18.2 Å². The van der Waals surface area contributed by atoms with E-state index >= 15 is 0 Å². The molecule has 0 unspecified atom stereocenters. The van der Waals surface area contributed by atoms with Crippen LogP contribution >= 0.6 is 11.3 Å². The van der Waals surface area contributed by atoms with Crippen LogP contribution in [0.1, 0.15) is 5.56 Å². The Morgan fingerprint density at radius 2 is 2.10 bits per heavy atom. The van der Waals surface area contributed by atoms with Crippen LogP contribution in [0.2, 0.25) is 0 Å². The molecule has 1 aromatic carbocycles. The average Bonchev–Trinajstić information content (AvgIpc) is 3.02. The van der Waals surface area contributed by atoms with Gasteiger partial charge in [0.2, 0.25) is 0 Å². The highest BCUT2D eigenvalue weighted by Gasteiger charge is 2.05. The number of para-hydroxylation sites is 1. The molecule has 2 rings (SSSR count). The van der Waals surface area contributed by atoms with E-state index in [1.54, 1.807) is 18.4 Å². The second-order valence-electron chi connectivity index (χ2n) is 4.62. The molecule has 0 aliphatic carbocycles. The van der Waals surface area contributed by atoms with Crippen LogP contribution in [-0.4, -0.2) is 38.1 Å². The van der Waals surface area contributed by atoms with Gasteiger partial charge in [-0.05, 0) is 34.5 Å². The molecule has 21 heavy (non-hydrogen) atoms. The van der Waals surface area contributed by atoms with Crippen LogP contribution in [0.4, 0.5) is 0 Å². The number of rotatable bonds is 6. The number of nitrogens with zero attached hydrogens (tertiary/aromatic N) is 2. The Morgan fingerprint density at radius 1 is 1.29 bits per heavy atom. The smallest absolute Gasteiger partial charge is 0.193 e. The number of guanidine groups is 1. The third-order valence-corrected chi connectivity index (χ3v) is 3.77. The predicted molar refractivity (Wildman–Crippen MR) is 89.1 cm³/mol. The fourth-order valence-corrected chi connectivity index (χ4v) is 2.55. The summed E-state index contributed by atoms with van der Waals surface area (Å²) in [6.45, 7) is 2.19. The SMILES string of the molecule is CN=C(NCc1ccsc1)N(C)CCOc1ccccc1. The van der Waals surface area contributed by atoms with Crippen molar-refractivity contribution in [1.29, 1.82) is 0 Å². The topological polar surface area (TPSA) is 36.9 Å². The standard InChI is InChI=1S/C16H21N3OS/c1-17-16(18-12-14-8-11-21-13-14)19(2)9-10-20-15-6-4-3-5-7-15/h3-8,11,13H,9-10,12H2,1-2H3,(H,17,18). The average molecular weight is 303 g/mol. The largest absolute Gasteiger partial charge is 0.492 e. The number of hydrogen-bond acceptors (Lipinski definition) is 3. The number of thiophene rings is 1. The quantitative estimate of drug-likeness (QED) is 0.658. The van der Waals surface area contributed by atoms with E-state index in [4.69, 9.17) is 4.74 Å². The van der Waals surface area contributed by atoms with Crippen molar-refractivity contribution >= 4 is 17.3 Å². The predicted octanol–water partition coefficient (Wildman–Crippen LogP) is 2.83. The lowest BCUT2D eigenvalue weighted by atomic mass is 10.3.